The maximum absolute atomic E-state index is 4.40. The van der Waals surface area contributed by atoms with Gasteiger partial charge in [-0.25, -0.2) is 0 Å². The lowest BCUT2D eigenvalue weighted by molar-refractivity contribution is 1.03. The van der Waals surface area contributed by atoms with E-state index in [1.54, 1.807) is 0 Å². The van der Waals surface area contributed by atoms with E-state index < -0.39 is 0 Å². The number of hydrogen-bond acceptors (Lipinski definition) is 3. The smallest absolute Gasteiger partial charge is 0.0121 e. The van der Waals surface area contributed by atoms with Crippen LogP contribution in [0, 0.1) is 20.8 Å². The minimum absolute atomic E-state index is 0.996. The van der Waals surface area contributed by atoms with E-state index in [4.69, 9.17) is 0 Å². The van der Waals surface area contributed by atoms with Gasteiger partial charge >= 0.3 is 0 Å². The van der Waals surface area contributed by atoms with E-state index in [1.807, 2.05) is 20.8 Å². The van der Waals surface area contributed by atoms with Gasteiger partial charge in [-0.15, -0.1) is 37.9 Å². The fraction of sp³-hybridized carbons (Fsp3) is 0.333. The van der Waals surface area contributed by atoms with Crippen molar-refractivity contribution in [3.05, 3.63) is 16.7 Å². The molecule has 1 rings (SSSR count). The topological polar surface area (TPSA) is 0 Å². The third-order valence-corrected chi connectivity index (χ3v) is 4.14. The lowest BCUT2D eigenvalue weighted by Gasteiger charge is -2.13. The van der Waals surface area contributed by atoms with Crippen LogP contribution in [0.5, 0.6) is 0 Å². The molecule has 0 unspecified atom stereocenters. The van der Waals surface area contributed by atoms with Crippen molar-refractivity contribution < 1.29 is 0 Å². The minimum atomic E-state index is 0.996. The largest absolute Gasteiger partial charge is 0.143 e. The van der Waals surface area contributed by atoms with E-state index >= 15 is 0 Å². The molecule has 1 aromatic rings. The maximum atomic E-state index is 4.40. The van der Waals surface area contributed by atoms with Gasteiger partial charge in [-0.05, 0) is 37.5 Å². The summed E-state index contributed by atoms with van der Waals surface area (Å²) >= 11 is 13.2. The average Bonchev–Trinajstić information content (AvgIpc) is 2.08. The zero-order valence-corrected chi connectivity index (χ0v) is 10.0. The Kier molecular flexibility index (Phi) is 3.07. The van der Waals surface area contributed by atoms with Gasteiger partial charge in [0.25, 0.3) is 0 Å². The molecular formula is C9H12S3. The summed E-state index contributed by atoms with van der Waals surface area (Å²) in [7, 11) is 0. The molecule has 1 aromatic carbocycles. The standard InChI is InChI=1S/C9H12S3/c1-4-7(10)5(2)9(12)6(3)8(4)11/h10-12H,1-3H3. The second-order valence-corrected chi connectivity index (χ2v) is 4.26. The van der Waals surface area contributed by atoms with Gasteiger partial charge in [0.2, 0.25) is 0 Å². The summed E-state index contributed by atoms with van der Waals surface area (Å²) in [6, 6.07) is 0. The SMILES string of the molecule is Cc1c(S)c(C)c(S)c(C)c1S. The molecule has 0 heterocycles. The Morgan fingerprint density at radius 1 is 0.583 bits per heavy atom. The summed E-state index contributed by atoms with van der Waals surface area (Å²) in [5, 5.41) is 0. The van der Waals surface area contributed by atoms with Gasteiger partial charge in [0.15, 0.2) is 0 Å². The molecule has 0 radical (unpaired) electrons. The van der Waals surface area contributed by atoms with Crippen LogP contribution in [0.15, 0.2) is 14.7 Å². The van der Waals surface area contributed by atoms with Crippen LogP contribution in [0.3, 0.4) is 0 Å². The van der Waals surface area contributed by atoms with Crippen molar-refractivity contribution in [3.8, 4) is 0 Å². The highest BCUT2D eigenvalue weighted by Crippen LogP contribution is 2.33. The molecule has 0 fully saturated rings. The Bertz CT molecular complexity index is 224. The van der Waals surface area contributed by atoms with Crippen molar-refractivity contribution in [2.75, 3.05) is 0 Å². The zero-order valence-electron chi connectivity index (χ0n) is 7.34. The van der Waals surface area contributed by atoms with E-state index in [0.29, 0.717) is 0 Å². The maximum Gasteiger partial charge on any atom is 0.0121 e. The van der Waals surface area contributed by atoms with Gasteiger partial charge in [0.05, 0.1) is 0 Å². The Labute approximate surface area is 90.0 Å². The van der Waals surface area contributed by atoms with Crippen LogP contribution in [0.1, 0.15) is 16.7 Å². The number of thiol groups is 3. The summed E-state index contributed by atoms with van der Waals surface area (Å²) in [6.07, 6.45) is 0. The highest BCUT2D eigenvalue weighted by molar-refractivity contribution is 7.82. The van der Waals surface area contributed by atoms with Gasteiger partial charge in [0, 0.05) is 14.7 Å². The summed E-state index contributed by atoms with van der Waals surface area (Å²) < 4.78 is 0. The molecule has 0 N–H and O–H groups in total. The molecule has 3 heteroatoms. The van der Waals surface area contributed by atoms with Crippen LogP contribution < -0.4 is 0 Å². The Morgan fingerprint density at radius 3 is 0.917 bits per heavy atom. The first-order chi connectivity index (χ1) is 5.46. The van der Waals surface area contributed by atoms with Crippen LogP contribution in [0.2, 0.25) is 0 Å². The molecule has 0 saturated carbocycles. The third-order valence-electron chi connectivity index (χ3n) is 2.13. The fourth-order valence-corrected chi connectivity index (χ4v) is 2.12. The zero-order chi connectivity index (χ0) is 9.46. The first kappa shape index (κ1) is 10.4. The van der Waals surface area contributed by atoms with Gasteiger partial charge in [-0.2, -0.15) is 0 Å². The predicted octanol–water partition coefficient (Wildman–Crippen LogP) is 3.48. The molecule has 12 heavy (non-hydrogen) atoms. The van der Waals surface area contributed by atoms with E-state index in [2.05, 4.69) is 37.9 Å². The van der Waals surface area contributed by atoms with Crippen molar-refractivity contribution in [1.29, 1.82) is 0 Å². The molecular weight excluding hydrogens is 204 g/mol. The van der Waals surface area contributed by atoms with Crippen molar-refractivity contribution in [1.82, 2.24) is 0 Å². The first-order valence-corrected chi connectivity index (χ1v) is 5.01. The molecule has 0 aliphatic carbocycles. The van der Waals surface area contributed by atoms with Gasteiger partial charge in [0.1, 0.15) is 0 Å². The molecule has 0 atom stereocenters. The number of hydrogen-bond donors (Lipinski definition) is 3. The molecule has 0 saturated heterocycles. The second kappa shape index (κ2) is 3.56. The van der Waals surface area contributed by atoms with Crippen LogP contribution in [-0.4, -0.2) is 0 Å². The lowest BCUT2D eigenvalue weighted by atomic mass is 10.1. The highest BCUT2D eigenvalue weighted by Gasteiger charge is 2.09. The third kappa shape index (κ3) is 1.50. The average molecular weight is 216 g/mol. The van der Waals surface area contributed by atoms with E-state index in [-0.39, 0.29) is 0 Å². The molecule has 0 spiro atoms. The van der Waals surface area contributed by atoms with Crippen LogP contribution in [0.4, 0.5) is 0 Å². The van der Waals surface area contributed by atoms with Crippen molar-refractivity contribution >= 4 is 37.9 Å². The van der Waals surface area contributed by atoms with Crippen LogP contribution in [0.25, 0.3) is 0 Å². The predicted molar refractivity (Wildman–Crippen MR) is 62.4 cm³/mol. The number of rotatable bonds is 0. The van der Waals surface area contributed by atoms with Crippen molar-refractivity contribution in [2.45, 2.75) is 35.5 Å². The molecule has 0 nitrogen and oxygen atoms in total. The van der Waals surface area contributed by atoms with Crippen molar-refractivity contribution in [3.63, 3.8) is 0 Å². The molecule has 0 aliphatic heterocycles. The summed E-state index contributed by atoms with van der Waals surface area (Å²) in [5.41, 5.74) is 3.40. The first-order valence-electron chi connectivity index (χ1n) is 3.67. The van der Waals surface area contributed by atoms with Gasteiger partial charge in [-0.3, -0.25) is 0 Å². The monoisotopic (exact) mass is 216 g/mol. The van der Waals surface area contributed by atoms with Crippen molar-refractivity contribution in [2.24, 2.45) is 0 Å². The molecule has 0 bridgehead atoms. The lowest BCUT2D eigenvalue weighted by Crippen LogP contribution is -1.92. The Morgan fingerprint density at radius 2 is 0.750 bits per heavy atom. The normalized spacial score (nSPS) is 10.5. The van der Waals surface area contributed by atoms with Gasteiger partial charge in [-0.1, -0.05) is 0 Å². The highest BCUT2D eigenvalue weighted by atomic mass is 32.1. The van der Waals surface area contributed by atoms with E-state index in [0.717, 1.165) is 31.4 Å². The van der Waals surface area contributed by atoms with Gasteiger partial charge < -0.3 is 0 Å². The number of benzene rings is 1. The molecule has 0 amide bonds. The summed E-state index contributed by atoms with van der Waals surface area (Å²) in [6.45, 7) is 6.08. The second-order valence-electron chi connectivity index (χ2n) is 2.92. The van der Waals surface area contributed by atoms with E-state index in [1.165, 1.54) is 0 Å². The Balaban J connectivity index is 3.60. The fourth-order valence-electron chi connectivity index (χ4n) is 1.18. The molecule has 0 aliphatic rings. The summed E-state index contributed by atoms with van der Waals surface area (Å²) in [5.74, 6) is 0. The van der Waals surface area contributed by atoms with E-state index in [9.17, 15) is 0 Å². The van der Waals surface area contributed by atoms with Crippen LogP contribution >= 0.6 is 37.9 Å². The quantitative estimate of drug-likeness (QED) is 0.543. The Hall–Kier alpha value is 0.270. The van der Waals surface area contributed by atoms with Crippen LogP contribution in [-0.2, 0) is 0 Å². The minimum Gasteiger partial charge on any atom is -0.143 e. The summed E-state index contributed by atoms with van der Waals surface area (Å²) in [4.78, 5) is 2.99. The molecule has 0 aromatic heterocycles. The molecule has 66 valence electrons.